The summed E-state index contributed by atoms with van der Waals surface area (Å²) in [7, 11) is 1.54. The molecule has 0 bridgehead atoms. The van der Waals surface area contributed by atoms with Crippen molar-refractivity contribution in [2.24, 2.45) is 17.3 Å². The number of hydrogen-bond donors (Lipinski definition) is 0. The van der Waals surface area contributed by atoms with Crippen molar-refractivity contribution in [2.45, 2.75) is 57.5 Å². The average Bonchev–Trinajstić information content (AvgIpc) is 2.90. The zero-order valence-electron chi connectivity index (χ0n) is 21.8. The van der Waals surface area contributed by atoms with Gasteiger partial charge in [0, 0.05) is 41.2 Å². The van der Waals surface area contributed by atoms with E-state index >= 15 is 0 Å². The standard InChI is InChI=1S/C30H33F3N2O3/c1-29(17-38-18-29)15-22(13-27(36)21-7-10-28(37-2)35-16-21)19-3-5-20(6-4-19)24-11-12-34-26-9-8-23(14-25(24)26)30(31,32)33/h7-12,14,16,19-20,22H,3-6,13,15,17-18H2,1-2H3/t19?,20?,22-/m0/s1. The second-order valence-electron chi connectivity index (χ2n) is 11.2. The highest BCUT2D eigenvalue weighted by atomic mass is 19.4. The summed E-state index contributed by atoms with van der Waals surface area (Å²) in [5.74, 6) is 1.31. The summed E-state index contributed by atoms with van der Waals surface area (Å²) in [6, 6.07) is 9.15. The van der Waals surface area contributed by atoms with Gasteiger partial charge in [-0.05, 0) is 85.8 Å². The maximum Gasteiger partial charge on any atom is 0.416 e. The lowest BCUT2D eigenvalue weighted by molar-refractivity contribution is -0.137. The third-order valence-corrected chi connectivity index (χ3v) is 8.35. The van der Waals surface area contributed by atoms with Gasteiger partial charge in [0.2, 0.25) is 5.88 Å². The molecule has 1 saturated carbocycles. The SMILES string of the molecule is COc1ccc(C(=O)C[C@@H](CC2(C)COC2)C2CCC(c3ccnc4ccc(C(F)(F)F)cc34)CC2)cn1. The van der Waals surface area contributed by atoms with Gasteiger partial charge in [0.25, 0.3) is 0 Å². The number of hydrogen-bond acceptors (Lipinski definition) is 5. The number of carbonyl (C=O) groups excluding carboxylic acids is 1. The molecule has 38 heavy (non-hydrogen) atoms. The fourth-order valence-corrected chi connectivity index (χ4v) is 6.23. The van der Waals surface area contributed by atoms with Gasteiger partial charge >= 0.3 is 6.18 Å². The van der Waals surface area contributed by atoms with Crippen molar-refractivity contribution in [2.75, 3.05) is 20.3 Å². The van der Waals surface area contributed by atoms with Gasteiger partial charge in [0.05, 0.1) is 31.4 Å². The van der Waals surface area contributed by atoms with Crippen LogP contribution in [-0.2, 0) is 10.9 Å². The van der Waals surface area contributed by atoms with Crippen molar-refractivity contribution in [3.63, 3.8) is 0 Å². The van der Waals surface area contributed by atoms with Crippen molar-refractivity contribution < 1.29 is 27.4 Å². The summed E-state index contributed by atoms with van der Waals surface area (Å²) >= 11 is 0. The van der Waals surface area contributed by atoms with Crippen LogP contribution in [0.3, 0.4) is 0 Å². The van der Waals surface area contributed by atoms with E-state index < -0.39 is 11.7 Å². The molecular weight excluding hydrogens is 493 g/mol. The Balaban J connectivity index is 1.32. The fraction of sp³-hybridized carbons (Fsp3) is 0.500. The number of carbonyl (C=O) groups is 1. The average molecular weight is 527 g/mol. The van der Waals surface area contributed by atoms with Gasteiger partial charge in [-0.15, -0.1) is 0 Å². The predicted molar refractivity (Wildman–Crippen MR) is 138 cm³/mol. The Morgan fingerprint density at radius 1 is 1.11 bits per heavy atom. The first-order valence-corrected chi connectivity index (χ1v) is 13.2. The normalized spacial score (nSPS) is 22.0. The van der Waals surface area contributed by atoms with E-state index in [1.165, 1.54) is 12.1 Å². The fourth-order valence-electron chi connectivity index (χ4n) is 6.23. The van der Waals surface area contributed by atoms with Gasteiger partial charge in [-0.25, -0.2) is 4.98 Å². The van der Waals surface area contributed by atoms with Gasteiger partial charge in [0.1, 0.15) is 0 Å². The van der Waals surface area contributed by atoms with Crippen LogP contribution in [0.5, 0.6) is 5.88 Å². The number of nitrogens with zero attached hydrogens (tertiary/aromatic N) is 2. The summed E-state index contributed by atoms with van der Waals surface area (Å²) in [5.41, 5.74) is 1.55. The maximum atomic E-state index is 13.4. The molecule has 5 rings (SSSR count). The second kappa shape index (κ2) is 10.6. The quantitative estimate of drug-likeness (QED) is 0.290. The molecule has 0 spiro atoms. The number of ether oxygens (including phenoxy) is 2. The van der Waals surface area contributed by atoms with Gasteiger partial charge in [0.15, 0.2) is 5.78 Å². The molecule has 5 nitrogen and oxygen atoms in total. The first-order chi connectivity index (χ1) is 18.1. The molecular formula is C30H33F3N2O3. The number of pyridine rings is 2. The molecule has 2 aliphatic rings. The smallest absolute Gasteiger partial charge is 0.416 e. The first-order valence-electron chi connectivity index (χ1n) is 13.2. The van der Waals surface area contributed by atoms with Crippen molar-refractivity contribution in [1.29, 1.82) is 0 Å². The lowest BCUT2D eigenvalue weighted by Gasteiger charge is -2.43. The minimum Gasteiger partial charge on any atom is -0.481 e. The van der Waals surface area contributed by atoms with Crippen molar-refractivity contribution >= 4 is 16.7 Å². The molecule has 0 amide bonds. The van der Waals surface area contributed by atoms with E-state index in [4.69, 9.17) is 9.47 Å². The zero-order valence-corrected chi connectivity index (χ0v) is 21.8. The summed E-state index contributed by atoms with van der Waals surface area (Å²) in [6.07, 6.45) is 3.87. The van der Waals surface area contributed by atoms with Crippen LogP contribution in [0.15, 0.2) is 48.8 Å². The van der Waals surface area contributed by atoms with E-state index in [-0.39, 0.29) is 23.0 Å². The molecule has 2 fully saturated rings. The van der Waals surface area contributed by atoms with Crippen molar-refractivity contribution in [1.82, 2.24) is 9.97 Å². The molecule has 0 N–H and O–H groups in total. The predicted octanol–water partition coefficient (Wildman–Crippen LogP) is 7.25. The number of aromatic nitrogens is 2. The van der Waals surface area contributed by atoms with Gasteiger partial charge in [-0.1, -0.05) is 6.92 Å². The van der Waals surface area contributed by atoms with E-state index in [1.807, 2.05) is 6.07 Å². The summed E-state index contributed by atoms with van der Waals surface area (Å²) in [4.78, 5) is 21.7. The number of Topliss-reactive ketones (excluding diaryl/α,β-unsaturated/α-hetero) is 1. The lowest BCUT2D eigenvalue weighted by atomic mass is 9.67. The number of benzene rings is 1. The van der Waals surface area contributed by atoms with Crippen LogP contribution < -0.4 is 4.74 Å². The number of alkyl halides is 3. The molecule has 1 atom stereocenters. The van der Waals surface area contributed by atoms with Crippen molar-refractivity contribution in [3.8, 4) is 5.88 Å². The van der Waals surface area contributed by atoms with Crippen LogP contribution in [0.1, 0.15) is 72.9 Å². The molecule has 202 valence electrons. The molecule has 8 heteroatoms. The number of rotatable bonds is 8. The Labute approximate surface area is 220 Å². The number of ketones is 1. The van der Waals surface area contributed by atoms with Crippen LogP contribution >= 0.6 is 0 Å². The molecule has 0 unspecified atom stereocenters. The molecule has 0 radical (unpaired) electrons. The Kier molecular flexibility index (Phi) is 7.45. The monoisotopic (exact) mass is 526 g/mol. The Hall–Kier alpha value is -3.00. The first kappa shape index (κ1) is 26.6. The van der Waals surface area contributed by atoms with E-state index in [9.17, 15) is 18.0 Å². The molecule has 2 aromatic heterocycles. The van der Waals surface area contributed by atoms with Crippen LogP contribution in [0, 0.1) is 17.3 Å². The van der Waals surface area contributed by atoms with E-state index in [2.05, 4.69) is 16.9 Å². The summed E-state index contributed by atoms with van der Waals surface area (Å²) < 4.78 is 50.8. The molecule has 1 aliphatic carbocycles. The van der Waals surface area contributed by atoms with E-state index in [0.717, 1.165) is 43.7 Å². The summed E-state index contributed by atoms with van der Waals surface area (Å²) in [5, 5.41) is 0.587. The van der Waals surface area contributed by atoms with Crippen LogP contribution in [0.2, 0.25) is 0 Å². The minimum atomic E-state index is -4.39. The van der Waals surface area contributed by atoms with Crippen LogP contribution in [-0.4, -0.2) is 36.1 Å². The summed E-state index contributed by atoms with van der Waals surface area (Å²) in [6.45, 7) is 3.64. The number of fused-ring (bicyclic) bond motifs is 1. The van der Waals surface area contributed by atoms with Gasteiger partial charge < -0.3 is 9.47 Å². The second-order valence-corrected chi connectivity index (χ2v) is 11.2. The number of methoxy groups -OCH3 is 1. The Bertz CT molecular complexity index is 1280. The molecule has 1 aromatic carbocycles. The zero-order chi connectivity index (χ0) is 26.9. The maximum absolute atomic E-state index is 13.4. The third kappa shape index (κ3) is 5.70. The Morgan fingerprint density at radius 3 is 2.47 bits per heavy atom. The highest BCUT2D eigenvalue weighted by Gasteiger charge is 2.40. The molecule has 1 aliphatic heterocycles. The Morgan fingerprint density at radius 2 is 1.87 bits per heavy atom. The third-order valence-electron chi connectivity index (χ3n) is 8.35. The lowest BCUT2D eigenvalue weighted by Crippen LogP contribution is -2.42. The van der Waals surface area contributed by atoms with E-state index in [1.54, 1.807) is 31.6 Å². The minimum absolute atomic E-state index is 0.0786. The highest BCUT2D eigenvalue weighted by molar-refractivity contribution is 5.96. The van der Waals surface area contributed by atoms with Gasteiger partial charge in [-0.3, -0.25) is 9.78 Å². The number of halogens is 3. The topological polar surface area (TPSA) is 61.3 Å². The van der Waals surface area contributed by atoms with Crippen molar-refractivity contribution in [3.05, 3.63) is 65.5 Å². The molecule has 3 heterocycles. The van der Waals surface area contributed by atoms with Crippen LogP contribution in [0.25, 0.3) is 10.9 Å². The van der Waals surface area contributed by atoms with E-state index in [0.29, 0.717) is 47.9 Å². The van der Waals surface area contributed by atoms with Gasteiger partial charge in [-0.2, -0.15) is 13.2 Å². The molecule has 3 aromatic rings. The molecule has 1 saturated heterocycles. The van der Waals surface area contributed by atoms with Crippen LogP contribution in [0.4, 0.5) is 13.2 Å². The largest absolute Gasteiger partial charge is 0.481 e. The highest BCUT2D eigenvalue weighted by Crippen LogP contribution is 2.46.